The third kappa shape index (κ3) is 4.89. The van der Waals surface area contributed by atoms with Gasteiger partial charge in [0.15, 0.2) is 0 Å². The predicted octanol–water partition coefficient (Wildman–Crippen LogP) is 0.400. The summed E-state index contributed by atoms with van der Waals surface area (Å²) in [7, 11) is -3.40. The maximum atomic E-state index is 12.4. The Morgan fingerprint density at radius 1 is 1.19 bits per heavy atom. The number of hydrogen-bond donors (Lipinski definition) is 2. The van der Waals surface area contributed by atoms with Gasteiger partial charge in [0.05, 0.1) is 0 Å². The highest BCUT2D eigenvalue weighted by Gasteiger charge is 2.31. The van der Waals surface area contributed by atoms with E-state index < -0.39 is 10.2 Å². The van der Waals surface area contributed by atoms with E-state index >= 15 is 0 Å². The molecular formula is C14H29N3O3S. The maximum absolute atomic E-state index is 12.4. The van der Waals surface area contributed by atoms with Crippen LogP contribution in [-0.2, 0) is 10.2 Å². The van der Waals surface area contributed by atoms with Gasteiger partial charge in [-0.15, -0.1) is 0 Å². The standard InChI is InChI=1S/C14H29N3O3S/c1-2-7-16-9-5-14(6-10-16)15-21(19,20)17-8-3-4-13(11-17)12-18/h13-15,18H,2-12H2,1H3. The van der Waals surface area contributed by atoms with Crippen LogP contribution in [0.1, 0.15) is 39.0 Å². The zero-order chi connectivity index (χ0) is 15.3. The van der Waals surface area contributed by atoms with Crippen molar-refractivity contribution in [2.45, 2.75) is 45.1 Å². The van der Waals surface area contributed by atoms with Gasteiger partial charge in [0.1, 0.15) is 0 Å². The number of likely N-dealkylation sites (tertiary alicyclic amines) is 1. The first-order valence-corrected chi connectivity index (χ1v) is 9.59. The molecular weight excluding hydrogens is 290 g/mol. The van der Waals surface area contributed by atoms with E-state index in [0.717, 1.165) is 51.7 Å². The van der Waals surface area contributed by atoms with E-state index in [-0.39, 0.29) is 18.6 Å². The molecule has 21 heavy (non-hydrogen) atoms. The lowest BCUT2D eigenvalue weighted by Gasteiger charge is -2.35. The van der Waals surface area contributed by atoms with Crippen LogP contribution in [0.15, 0.2) is 0 Å². The molecule has 1 unspecified atom stereocenters. The monoisotopic (exact) mass is 319 g/mol. The number of piperidine rings is 2. The van der Waals surface area contributed by atoms with E-state index in [1.54, 1.807) is 0 Å². The maximum Gasteiger partial charge on any atom is 0.279 e. The van der Waals surface area contributed by atoms with Crippen molar-refractivity contribution < 1.29 is 13.5 Å². The summed E-state index contributed by atoms with van der Waals surface area (Å²) in [6.45, 7) is 6.30. The summed E-state index contributed by atoms with van der Waals surface area (Å²) in [5, 5.41) is 9.23. The number of hydrogen-bond acceptors (Lipinski definition) is 4. The largest absolute Gasteiger partial charge is 0.396 e. The molecule has 6 nitrogen and oxygen atoms in total. The second-order valence-electron chi connectivity index (χ2n) is 6.29. The van der Waals surface area contributed by atoms with Crippen molar-refractivity contribution in [3.05, 3.63) is 0 Å². The van der Waals surface area contributed by atoms with E-state index in [1.165, 1.54) is 4.31 Å². The summed E-state index contributed by atoms with van der Waals surface area (Å²) in [5.74, 6) is 0.0849. The molecule has 0 spiro atoms. The fourth-order valence-electron chi connectivity index (χ4n) is 3.27. The predicted molar refractivity (Wildman–Crippen MR) is 83.2 cm³/mol. The summed E-state index contributed by atoms with van der Waals surface area (Å²) >= 11 is 0. The molecule has 2 aliphatic rings. The number of aliphatic hydroxyl groups excluding tert-OH is 1. The Morgan fingerprint density at radius 2 is 1.90 bits per heavy atom. The van der Waals surface area contributed by atoms with E-state index in [9.17, 15) is 13.5 Å². The summed E-state index contributed by atoms with van der Waals surface area (Å²) in [6, 6.07) is 0.0533. The third-order valence-electron chi connectivity index (χ3n) is 4.52. The Balaban J connectivity index is 1.84. The van der Waals surface area contributed by atoms with Crippen LogP contribution in [0.5, 0.6) is 0 Å². The second kappa shape index (κ2) is 7.87. The molecule has 0 aromatic rings. The molecule has 2 fully saturated rings. The van der Waals surface area contributed by atoms with Crippen molar-refractivity contribution in [1.29, 1.82) is 0 Å². The van der Waals surface area contributed by atoms with Crippen molar-refractivity contribution in [3.8, 4) is 0 Å². The zero-order valence-electron chi connectivity index (χ0n) is 13.0. The Labute approximate surface area is 128 Å². The van der Waals surface area contributed by atoms with Crippen LogP contribution in [-0.4, -0.2) is 68.1 Å². The van der Waals surface area contributed by atoms with Crippen molar-refractivity contribution in [1.82, 2.24) is 13.9 Å². The zero-order valence-corrected chi connectivity index (χ0v) is 13.8. The van der Waals surface area contributed by atoms with Crippen LogP contribution in [0.3, 0.4) is 0 Å². The molecule has 2 heterocycles. The van der Waals surface area contributed by atoms with Gasteiger partial charge in [-0.3, -0.25) is 0 Å². The van der Waals surface area contributed by atoms with Crippen molar-refractivity contribution >= 4 is 10.2 Å². The molecule has 2 N–H and O–H groups in total. The highest BCUT2D eigenvalue weighted by molar-refractivity contribution is 7.87. The van der Waals surface area contributed by atoms with Crippen LogP contribution < -0.4 is 4.72 Å². The third-order valence-corrected chi connectivity index (χ3v) is 6.17. The van der Waals surface area contributed by atoms with E-state index in [1.807, 2.05) is 0 Å². The Hall–Kier alpha value is -0.210. The van der Waals surface area contributed by atoms with Gasteiger partial charge in [-0.25, -0.2) is 0 Å². The Kier molecular flexibility index (Phi) is 6.43. The second-order valence-corrected chi connectivity index (χ2v) is 7.99. The molecule has 0 radical (unpaired) electrons. The molecule has 124 valence electrons. The Bertz CT molecular complexity index is 408. The minimum Gasteiger partial charge on any atom is -0.396 e. The van der Waals surface area contributed by atoms with Crippen molar-refractivity contribution in [3.63, 3.8) is 0 Å². The molecule has 2 saturated heterocycles. The molecule has 0 amide bonds. The minimum atomic E-state index is -3.40. The topological polar surface area (TPSA) is 72.9 Å². The van der Waals surface area contributed by atoms with E-state index in [4.69, 9.17) is 0 Å². The van der Waals surface area contributed by atoms with Gasteiger partial charge in [-0.05, 0) is 57.7 Å². The minimum absolute atomic E-state index is 0.0533. The van der Waals surface area contributed by atoms with Gasteiger partial charge in [0, 0.05) is 25.7 Å². The van der Waals surface area contributed by atoms with Gasteiger partial charge in [0.25, 0.3) is 10.2 Å². The smallest absolute Gasteiger partial charge is 0.279 e. The molecule has 0 bridgehead atoms. The van der Waals surface area contributed by atoms with Crippen LogP contribution in [0, 0.1) is 5.92 Å². The first-order valence-electron chi connectivity index (χ1n) is 8.15. The molecule has 7 heteroatoms. The number of aliphatic hydroxyl groups is 1. The summed E-state index contributed by atoms with van der Waals surface area (Å²) < 4.78 is 29.3. The molecule has 0 aromatic heterocycles. The van der Waals surface area contributed by atoms with Crippen LogP contribution in [0.4, 0.5) is 0 Å². The summed E-state index contributed by atoms with van der Waals surface area (Å²) in [6.07, 6.45) is 4.67. The van der Waals surface area contributed by atoms with Crippen molar-refractivity contribution in [2.24, 2.45) is 5.92 Å². The fourth-order valence-corrected chi connectivity index (χ4v) is 4.85. The normalized spacial score (nSPS) is 27.0. The van der Waals surface area contributed by atoms with Crippen LogP contribution in [0.2, 0.25) is 0 Å². The average molecular weight is 319 g/mol. The quantitative estimate of drug-likeness (QED) is 0.743. The molecule has 0 aromatic carbocycles. The van der Waals surface area contributed by atoms with Crippen molar-refractivity contribution in [2.75, 3.05) is 39.3 Å². The lowest BCUT2D eigenvalue weighted by molar-refractivity contribution is 0.163. The molecule has 2 rings (SSSR count). The van der Waals surface area contributed by atoms with Gasteiger partial charge in [0.2, 0.25) is 0 Å². The van der Waals surface area contributed by atoms with E-state index in [2.05, 4.69) is 16.5 Å². The first-order chi connectivity index (χ1) is 10.0. The first kappa shape index (κ1) is 17.1. The number of rotatable bonds is 6. The molecule has 2 aliphatic heterocycles. The van der Waals surface area contributed by atoms with Crippen LogP contribution >= 0.6 is 0 Å². The van der Waals surface area contributed by atoms with Gasteiger partial charge >= 0.3 is 0 Å². The SMILES string of the molecule is CCCN1CCC(NS(=O)(=O)N2CCCC(CO)C2)CC1. The Morgan fingerprint density at radius 3 is 2.52 bits per heavy atom. The highest BCUT2D eigenvalue weighted by Crippen LogP contribution is 2.19. The lowest BCUT2D eigenvalue weighted by atomic mass is 10.0. The summed E-state index contributed by atoms with van der Waals surface area (Å²) in [4.78, 5) is 2.40. The van der Waals surface area contributed by atoms with E-state index in [0.29, 0.717) is 13.1 Å². The fraction of sp³-hybridized carbons (Fsp3) is 1.00. The lowest BCUT2D eigenvalue weighted by Crippen LogP contribution is -2.52. The average Bonchev–Trinajstić information content (AvgIpc) is 2.49. The number of nitrogens with one attached hydrogen (secondary N) is 1. The van der Waals surface area contributed by atoms with Gasteiger partial charge < -0.3 is 10.0 Å². The molecule has 0 aliphatic carbocycles. The molecule has 0 saturated carbocycles. The van der Waals surface area contributed by atoms with Gasteiger partial charge in [-0.1, -0.05) is 6.92 Å². The van der Waals surface area contributed by atoms with Crippen LogP contribution in [0.25, 0.3) is 0 Å². The summed E-state index contributed by atoms with van der Waals surface area (Å²) in [5.41, 5.74) is 0. The van der Waals surface area contributed by atoms with Gasteiger partial charge in [-0.2, -0.15) is 17.4 Å². The number of nitrogens with zero attached hydrogens (tertiary/aromatic N) is 2. The highest BCUT2D eigenvalue weighted by atomic mass is 32.2. The molecule has 1 atom stereocenters.